The van der Waals surface area contributed by atoms with Gasteiger partial charge in [0.15, 0.2) is 11.5 Å². The first-order valence-corrected chi connectivity index (χ1v) is 10.9. The standard InChI is InChI=1S/C20H22N2O7S/c1-28-20-12-15(14-23)6-8-19(20)29-18-9-7-16(13-17(18)22(24)25)30(26,27)21-10-4-2-3-5-11-21/h6-9,12-14H,2-5,10-11H2,1H3. The molecule has 1 aliphatic heterocycles. The van der Waals surface area contributed by atoms with Crippen LogP contribution in [0.2, 0.25) is 0 Å². The van der Waals surface area contributed by atoms with E-state index in [-0.39, 0.29) is 22.1 Å². The minimum absolute atomic E-state index is 0.132. The highest BCUT2D eigenvalue weighted by molar-refractivity contribution is 7.89. The fraction of sp³-hybridized carbons (Fsp3) is 0.350. The van der Waals surface area contributed by atoms with Crippen molar-refractivity contribution in [2.45, 2.75) is 30.6 Å². The Morgan fingerprint density at radius 1 is 1.00 bits per heavy atom. The lowest BCUT2D eigenvalue weighted by Gasteiger charge is -2.20. The summed E-state index contributed by atoms with van der Waals surface area (Å²) in [5.41, 5.74) is -0.125. The molecule has 0 N–H and O–H groups in total. The molecule has 0 amide bonds. The second-order valence-electron chi connectivity index (χ2n) is 6.84. The number of ether oxygens (including phenoxy) is 2. The first-order valence-electron chi connectivity index (χ1n) is 9.46. The molecule has 0 unspecified atom stereocenters. The predicted octanol–water partition coefficient (Wildman–Crippen LogP) is 3.77. The minimum atomic E-state index is -3.84. The number of rotatable bonds is 7. The highest BCUT2D eigenvalue weighted by Crippen LogP contribution is 2.38. The topological polar surface area (TPSA) is 116 Å². The van der Waals surface area contributed by atoms with Gasteiger partial charge >= 0.3 is 5.69 Å². The van der Waals surface area contributed by atoms with Gasteiger partial charge in [0.25, 0.3) is 0 Å². The van der Waals surface area contributed by atoms with E-state index in [2.05, 4.69) is 0 Å². The number of nitro benzene ring substituents is 1. The van der Waals surface area contributed by atoms with Crippen molar-refractivity contribution in [3.63, 3.8) is 0 Å². The molecule has 0 saturated carbocycles. The smallest absolute Gasteiger partial charge is 0.312 e. The van der Waals surface area contributed by atoms with Gasteiger partial charge in [0, 0.05) is 24.7 Å². The van der Waals surface area contributed by atoms with Gasteiger partial charge < -0.3 is 9.47 Å². The van der Waals surface area contributed by atoms with Gasteiger partial charge in [-0.05, 0) is 43.2 Å². The first kappa shape index (κ1) is 21.7. The van der Waals surface area contributed by atoms with Crippen LogP contribution in [0.15, 0.2) is 41.3 Å². The third-order valence-electron chi connectivity index (χ3n) is 4.87. The second kappa shape index (κ2) is 9.23. The maximum absolute atomic E-state index is 13.0. The van der Waals surface area contributed by atoms with Crippen LogP contribution in [0.5, 0.6) is 17.2 Å². The molecule has 0 radical (unpaired) electrons. The van der Waals surface area contributed by atoms with Crippen LogP contribution in [-0.2, 0) is 10.0 Å². The van der Waals surface area contributed by atoms with Crippen LogP contribution in [0, 0.1) is 10.1 Å². The second-order valence-corrected chi connectivity index (χ2v) is 8.77. The van der Waals surface area contributed by atoms with Gasteiger partial charge in [-0.2, -0.15) is 4.31 Å². The van der Waals surface area contributed by atoms with Gasteiger partial charge in [-0.25, -0.2) is 8.42 Å². The maximum atomic E-state index is 13.0. The number of hydrogen-bond donors (Lipinski definition) is 0. The van der Waals surface area contributed by atoms with E-state index in [4.69, 9.17) is 9.47 Å². The van der Waals surface area contributed by atoms with E-state index >= 15 is 0 Å². The van der Waals surface area contributed by atoms with Crippen LogP contribution >= 0.6 is 0 Å². The molecule has 1 heterocycles. The molecule has 0 bridgehead atoms. The number of nitro groups is 1. The predicted molar refractivity (Wildman–Crippen MR) is 109 cm³/mol. The van der Waals surface area contributed by atoms with Crippen LogP contribution in [-0.4, -0.2) is 44.1 Å². The average molecular weight is 434 g/mol. The molecule has 9 nitrogen and oxygen atoms in total. The monoisotopic (exact) mass is 434 g/mol. The molecule has 2 aromatic carbocycles. The van der Waals surface area contributed by atoms with E-state index in [0.717, 1.165) is 31.7 Å². The van der Waals surface area contributed by atoms with Crippen molar-refractivity contribution in [2.75, 3.05) is 20.2 Å². The van der Waals surface area contributed by atoms with Gasteiger partial charge in [0.1, 0.15) is 6.29 Å². The largest absolute Gasteiger partial charge is 0.493 e. The number of carbonyl (C=O) groups is 1. The zero-order valence-electron chi connectivity index (χ0n) is 16.4. The molecule has 1 fully saturated rings. The summed E-state index contributed by atoms with van der Waals surface area (Å²) >= 11 is 0. The van der Waals surface area contributed by atoms with Crippen molar-refractivity contribution in [1.29, 1.82) is 0 Å². The van der Waals surface area contributed by atoms with E-state index in [1.165, 1.54) is 41.7 Å². The zero-order valence-corrected chi connectivity index (χ0v) is 17.3. The molecule has 2 aromatic rings. The summed E-state index contributed by atoms with van der Waals surface area (Å²) in [6, 6.07) is 7.95. The third-order valence-corrected chi connectivity index (χ3v) is 6.77. The third kappa shape index (κ3) is 4.60. The van der Waals surface area contributed by atoms with Gasteiger partial charge in [0.05, 0.1) is 16.9 Å². The van der Waals surface area contributed by atoms with Gasteiger partial charge in [-0.3, -0.25) is 14.9 Å². The number of aldehydes is 1. The SMILES string of the molecule is COc1cc(C=O)ccc1Oc1ccc(S(=O)(=O)N2CCCCCC2)cc1[N+](=O)[O-]. The number of hydrogen-bond acceptors (Lipinski definition) is 7. The highest BCUT2D eigenvalue weighted by atomic mass is 32.2. The Morgan fingerprint density at radius 2 is 1.67 bits per heavy atom. The van der Waals surface area contributed by atoms with E-state index in [1.54, 1.807) is 0 Å². The molecule has 0 atom stereocenters. The van der Waals surface area contributed by atoms with Crippen molar-refractivity contribution in [3.05, 3.63) is 52.1 Å². The first-order chi connectivity index (χ1) is 14.4. The van der Waals surface area contributed by atoms with Crippen LogP contribution in [0.25, 0.3) is 0 Å². The summed E-state index contributed by atoms with van der Waals surface area (Å²) in [4.78, 5) is 21.7. The van der Waals surface area contributed by atoms with Crippen LogP contribution in [0.3, 0.4) is 0 Å². The number of carbonyl (C=O) groups excluding carboxylic acids is 1. The molecule has 0 aromatic heterocycles. The lowest BCUT2D eigenvalue weighted by Crippen LogP contribution is -2.31. The van der Waals surface area contributed by atoms with Gasteiger partial charge in [0.2, 0.25) is 15.8 Å². The fourth-order valence-electron chi connectivity index (χ4n) is 3.28. The molecule has 0 spiro atoms. The Labute approximate surface area is 174 Å². The van der Waals surface area contributed by atoms with Gasteiger partial charge in [-0.1, -0.05) is 12.8 Å². The Morgan fingerprint density at radius 3 is 2.27 bits per heavy atom. The number of sulfonamides is 1. The van der Waals surface area contributed by atoms with Crippen molar-refractivity contribution >= 4 is 22.0 Å². The van der Waals surface area contributed by atoms with Crippen molar-refractivity contribution < 1.29 is 27.6 Å². The molecule has 30 heavy (non-hydrogen) atoms. The normalized spacial score (nSPS) is 15.2. The minimum Gasteiger partial charge on any atom is -0.493 e. The molecular weight excluding hydrogens is 412 g/mol. The summed E-state index contributed by atoms with van der Waals surface area (Å²) in [6.45, 7) is 0.795. The molecule has 0 aliphatic carbocycles. The number of benzene rings is 2. The van der Waals surface area contributed by atoms with Crippen LogP contribution in [0.1, 0.15) is 36.0 Å². The molecule has 3 rings (SSSR count). The quantitative estimate of drug-likeness (QED) is 0.370. The molecule has 1 saturated heterocycles. The summed E-state index contributed by atoms with van der Waals surface area (Å²) in [7, 11) is -2.47. The Kier molecular flexibility index (Phi) is 6.68. The molecule has 1 aliphatic rings. The van der Waals surface area contributed by atoms with Gasteiger partial charge in [-0.15, -0.1) is 0 Å². The van der Waals surface area contributed by atoms with E-state index in [9.17, 15) is 23.3 Å². The van der Waals surface area contributed by atoms with Crippen molar-refractivity contribution in [2.24, 2.45) is 0 Å². The molecule has 160 valence electrons. The lowest BCUT2D eigenvalue weighted by atomic mass is 10.2. The van der Waals surface area contributed by atoms with E-state index in [0.29, 0.717) is 24.9 Å². The van der Waals surface area contributed by atoms with Crippen LogP contribution < -0.4 is 9.47 Å². The van der Waals surface area contributed by atoms with Crippen LogP contribution in [0.4, 0.5) is 5.69 Å². The number of nitrogens with zero attached hydrogens (tertiary/aromatic N) is 2. The number of methoxy groups -OCH3 is 1. The van der Waals surface area contributed by atoms with Crippen molar-refractivity contribution in [1.82, 2.24) is 4.31 Å². The lowest BCUT2D eigenvalue weighted by molar-refractivity contribution is -0.385. The average Bonchev–Trinajstić information content (AvgIpc) is 3.04. The van der Waals surface area contributed by atoms with E-state index < -0.39 is 20.6 Å². The summed E-state index contributed by atoms with van der Waals surface area (Å²) < 4.78 is 38.1. The van der Waals surface area contributed by atoms with Crippen molar-refractivity contribution in [3.8, 4) is 17.2 Å². The van der Waals surface area contributed by atoms with E-state index in [1.807, 2.05) is 0 Å². The zero-order chi connectivity index (χ0) is 21.7. The highest BCUT2D eigenvalue weighted by Gasteiger charge is 2.28. The Balaban J connectivity index is 1.96. The molecular formula is C20H22N2O7S. The molecule has 10 heteroatoms. The summed E-state index contributed by atoms with van der Waals surface area (Å²) in [6.07, 6.45) is 4.09. The summed E-state index contributed by atoms with van der Waals surface area (Å²) in [5, 5.41) is 11.6. The maximum Gasteiger partial charge on any atom is 0.312 e. The Bertz CT molecular complexity index is 1050. The fourth-order valence-corrected chi connectivity index (χ4v) is 4.82. The summed E-state index contributed by atoms with van der Waals surface area (Å²) in [5.74, 6) is 0.247. The Hall–Kier alpha value is -2.98.